The standard InChI is InChI=1S/C16H9NO2/c18-15-7-8-19-16-11(15)5-6-14-12(16)9-10-3-1-2-4-13(10)17-14/h1-9H. The molecule has 19 heavy (non-hydrogen) atoms. The van der Waals surface area contributed by atoms with Crippen LogP contribution in [0.2, 0.25) is 0 Å². The third-order valence-corrected chi connectivity index (χ3v) is 3.32. The number of hydrogen-bond donors (Lipinski definition) is 0. The Kier molecular flexibility index (Phi) is 1.97. The Bertz CT molecular complexity index is 986. The maximum Gasteiger partial charge on any atom is 0.192 e. The summed E-state index contributed by atoms with van der Waals surface area (Å²) in [5, 5.41) is 2.50. The summed E-state index contributed by atoms with van der Waals surface area (Å²) in [6.45, 7) is 0. The molecular weight excluding hydrogens is 238 g/mol. The fourth-order valence-electron chi connectivity index (χ4n) is 2.40. The van der Waals surface area contributed by atoms with Crippen LogP contribution in [0.25, 0.3) is 32.8 Å². The van der Waals surface area contributed by atoms with Crippen molar-refractivity contribution in [1.29, 1.82) is 0 Å². The lowest BCUT2D eigenvalue weighted by molar-refractivity contribution is 0.606. The van der Waals surface area contributed by atoms with E-state index in [0.29, 0.717) is 11.0 Å². The van der Waals surface area contributed by atoms with Crippen molar-refractivity contribution in [2.45, 2.75) is 0 Å². The van der Waals surface area contributed by atoms with Crippen LogP contribution in [-0.2, 0) is 0 Å². The highest BCUT2D eigenvalue weighted by Gasteiger charge is 2.07. The molecule has 0 radical (unpaired) electrons. The number of benzene rings is 2. The Morgan fingerprint density at radius 3 is 2.74 bits per heavy atom. The maximum absolute atomic E-state index is 11.8. The van der Waals surface area contributed by atoms with Gasteiger partial charge in [0.2, 0.25) is 0 Å². The van der Waals surface area contributed by atoms with Crippen LogP contribution in [0, 0.1) is 0 Å². The van der Waals surface area contributed by atoms with Crippen LogP contribution in [0.5, 0.6) is 0 Å². The molecule has 90 valence electrons. The molecule has 4 rings (SSSR count). The predicted octanol–water partition coefficient (Wildman–Crippen LogP) is 3.49. The molecule has 0 amide bonds. The van der Waals surface area contributed by atoms with Crippen LogP contribution < -0.4 is 5.43 Å². The first-order valence-electron chi connectivity index (χ1n) is 6.03. The molecular formula is C16H9NO2. The first-order valence-corrected chi connectivity index (χ1v) is 6.03. The molecule has 2 heterocycles. The Labute approximate surface area is 108 Å². The third kappa shape index (κ3) is 1.45. The van der Waals surface area contributed by atoms with Gasteiger partial charge in [-0.2, -0.15) is 0 Å². The largest absolute Gasteiger partial charge is 0.463 e. The second-order valence-electron chi connectivity index (χ2n) is 4.47. The average Bonchev–Trinajstić information content (AvgIpc) is 2.45. The summed E-state index contributed by atoms with van der Waals surface area (Å²) >= 11 is 0. The number of rotatable bonds is 0. The van der Waals surface area contributed by atoms with E-state index in [9.17, 15) is 4.79 Å². The van der Waals surface area contributed by atoms with Gasteiger partial charge >= 0.3 is 0 Å². The van der Waals surface area contributed by atoms with Crippen LogP contribution >= 0.6 is 0 Å². The summed E-state index contributed by atoms with van der Waals surface area (Å²) in [4.78, 5) is 16.4. The number of para-hydroxylation sites is 1. The molecule has 0 bridgehead atoms. The van der Waals surface area contributed by atoms with Crippen molar-refractivity contribution < 1.29 is 4.42 Å². The van der Waals surface area contributed by atoms with Crippen LogP contribution in [0.4, 0.5) is 0 Å². The molecule has 0 spiro atoms. The number of aromatic nitrogens is 1. The average molecular weight is 247 g/mol. The topological polar surface area (TPSA) is 43.1 Å². The summed E-state index contributed by atoms with van der Waals surface area (Å²) in [5.41, 5.74) is 2.34. The monoisotopic (exact) mass is 247 g/mol. The zero-order valence-corrected chi connectivity index (χ0v) is 9.96. The smallest absolute Gasteiger partial charge is 0.192 e. The number of hydrogen-bond acceptors (Lipinski definition) is 3. The highest BCUT2D eigenvalue weighted by molar-refractivity contribution is 6.06. The van der Waals surface area contributed by atoms with Gasteiger partial charge in [0.05, 0.1) is 22.7 Å². The van der Waals surface area contributed by atoms with Crippen molar-refractivity contribution >= 4 is 32.8 Å². The van der Waals surface area contributed by atoms with Crippen LogP contribution in [0.3, 0.4) is 0 Å². The lowest BCUT2D eigenvalue weighted by Crippen LogP contribution is -1.98. The zero-order valence-electron chi connectivity index (χ0n) is 9.96. The maximum atomic E-state index is 11.8. The summed E-state index contributed by atoms with van der Waals surface area (Å²) in [7, 11) is 0. The van der Waals surface area contributed by atoms with Gasteiger partial charge in [0.25, 0.3) is 0 Å². The van der Waals surface area contributed by atoms with Crippen molar-refractivity contribution in [3.05, 3.63) is 65.0 Å². The minimum absolute atomic E-state index is 0.0312. The molecule has 0 atom stereocenters. The minimum Gasteiger partial charge on any atom is -0.463 e. The molecule has 0 saturated carbocycles. The minimum atomic E-state index is -0.0312. The second-order valence-corrected chi connectivity index (χ2v) is 4.47. The Morgan fingerprint density at radius 1 is 0.895 bits per heavy atom. The molecule has 4 aromatic rings. The van der Waals surface area contributed by atoms with Crippen LogP contribution in [0.15, 0.2) is 64.0 Å². The van der Waals surface area contributed by atoms with Gasteiger partial charge in [0.15, 0.2) is 5.43 Å². The van der Waals surface area contributed by atoms with E-state index in [1.54, 1.807) is 6.07 Å². The van der Waals surface area contributed by atoms with Gasteiger partial charge in [-0.15, -0.1) is 0 Å². The van der Waals surface area contributed by atoms with Gasteiger partial charge in [-0.05, 0) is 24.3 Å². The van der Waals surface area contributed by atoms with E-state index in [1.807, 2.05) is 36.4 Å². The first-order chi connectivity index (χ1) is 9.33. The normalized spacial score (nSPS) is 11.4. The summed E-state index contributed by atoms with van der Waals surface area (Å²) < 4.78 is 5.51. The lowest BCUT2D eigenvalue weighted by Gasteiger charge is -2.03. The number of fused-ring (bicyclic) bond motifs is 4. The fraction of sp³-hybridized carbons (Fsp3) is 0. The summed E-state index contributed by atoms with van der Waals surface area (Å²) in [6, 6.07) is 15.0. The zero-order chi connectivity index (χ0) is 12.8. The number of pyridine rings is 1. The van der Waals surface area contributed by atoms with Gasteiger partial charge in [-0.25, -0.2) is 4.98 Å². The molecule has 0 N–H and O–H groups in total. The fourth-order valence-corrected chi connectivity index (χ4v) is 2.40. The van der Waals surface area contributed by atoms with E-state index < -0.39 is 0 Å². The van der Waals surface area contributed by atoms with Gasteiger partial charge < -0.3 is 4.42 Å². The quantitative estimate of drug-likeness (QED) is 0.353. The van der Waals surface area contributed by atoms with E-state index in [0.717, 1.165) is 21.8 Å². The Morgan fingerprint density at radius 2 is 1.79 bits per heavy atom. The molecule has 3 nitrogen and oxygen atoms in total. The molecule has 0 aliphatic rings. The first kappa shape index (κ1) is 10.3. The van der Waals surface area contributed by atoms with Gasteiger partial charge in [-0.1, -0.05) is 18.2 Å². The van der Waals surface area contributed by atoms with E-state index in [1.165, 1.54) is 12.3 Å². The van der Waals surface area contributed by atoms with Crippen molar-refractivity contribution in [2.24, 2.45) is 0 Å². The van der Waals surface area contributed by atoms with Gasteiger partial charge in [0.1, 0.15) is 5.58 Å². The van der Waals surface area contributed by atoms with E-state index >= 15 is 0 Å². The SMILES string of the molecule is O=c1ccoc2c1ccc1nc3ccccc3cc12. The Balaban J connectivity index is 2.29. The lowest BCUT2D eigenvalue weighted by atomic mass is 10.1. The highest BCUT2D eigenvalue weighted by atomic mass is 16.3. The third-order valence-electron chi connectivity index (χ3n) is 3.32. The van der Waals surface area contributed by atoms with E-state index in [2.05, 4.69) is 4.98 Å². The van der Waals surface area contributed by atoms with Crippen molar-refractivity contribution in [1.82, 2.24) is 4.98 Å². The van der Waals surface area contributed by atoms with Crippen molar-refractivity contribution in [3.8, 4) is 0 Å². The molecule has 0 aliphatic carbocycles. The highest BCUT2D eigenvalue weighted by Crippen LogP contribution is 2.25. The van der Waals surface area contributed by atoms with E-state index in [-0.39, 0.29) is 5.43 Å². The molecule has 2 aromatic carbocycles. The van der Waals surface area contributed by atoms with Crippen LogP contribution in [0.1, 0.15) is 0 Å². The van der Waals surface area contributed by atoms with Gasteiger partial charge in [-0.3, -0.25) is 4.79 Å². The number of nitrogens with zero attached hydrogens (tertiary/aromatic N) is 1. The van der Waals surface area contributed by atoms with Crippen molar-refractivity contribution in [2.75, 3.05) is 0 Å². The molecule has 0 unspecified atom stereocenters. The second kappa shape index (κ2) is 3.65. The molecule has 3 heteroatoms. The summed E-state index contributed by atoms with van der Waals surface area (Å²) in [5.74, 6) is 0. The molecule has 0 fully saturated rings. The van der Waals surface area contributed by atoms with Gasteiger partial charge in [0, 0.05) is 16.8 Å². The molecule has 0 aliphatic heterocycles. The van der Waals surface area contributed by atoms with Crippen LogP contribution in [-0.4, -0.2) is 4.98 Å². The predicted molar refractivity (Wildman–Crippen MR) is 75.3 cm³/mol. The Hall–Kier alpha value is -2.68. The molecule has 2 aromatic heterocycles. The summed E-state index contributed by atoms with van der Waals surface area (Å²) in [6.07, 6.45) is 1.43. The molecule has 0 saturated heterocycles. The van der Waals surface area contributed by atoms with E-state index in [4.69, 9.17) is 4.42 Å². The van der Waals surface area contributed by atoms with Crippen molar-refractivity contribution in [3.63, 3.8) is 0 Å².